The van der Waals surface area contributed by atoms with Gasteiger partial charge in [-0.05, 0) is 57.2 Å². The Morgan fingerprint density at radius 2 is 1.63 bits per heavy atom. The number of halogens is 7. The summed E-state index contributed by atoms with van der Waals surface area (Å²) in [5.41, 5.74) is -6.97. The minimum absolute atomic E-state index is 0.0852. The topological polar surface area (TPSA) is 73.7 Å². The Hall–Kier alpha value is -4.10. The Balaban J connectivity index is 2.24. The van der Waals surface area contributed by atoms with Crippen LogP contribution in [0.5, 0.6) is 5.75 Å². The van der Waals surface area contributed by atoms with E-state index in [-0.39, 0.29) is 17.0 Å². The normalized spacial score (nSPS) is 13.8. The molecule has 3 aromatic rings. The van der Waals surface area contributed by atoms with E-state index >= 15 is 0 Å². The molecule has 0 spiro atoms. The Morgan fingerprint density at radius 1 is 1.00 bits per heavy atom. The van der Waals surface area contributed by atoms with Crippen molar-refractivity contribution in [2.75, 3.05) is 11.9 Å². The molecule has 0 atom stereocenters. The maximum atomic E-state index is 14.1. The van der Waals surface area contributed by atoms with Crippen LogP contribution in [0.4, 0.5) is 46.0 Å². The first-order valence-electron chi connectivity index (χ1n) is 12.0. The summed E-state index contributed by atoms with van der Waals surface area (Å²) in [6, 6.07) is 3.07. The second kappa shape index (κ2) is 9.99. The molecule has 0 saturated heterocycles. The van der Waals surface area contributed by atoms with Gasteiger partial charge < -0.3 is 9.47 Å². The lowest BCUT2D eigenvalue weighted by atomic mass is 9.99. The first-order valence-corrected chi connectivity index (χ1v) is 10.5. The van der Waals surface area contributed by atoms with Gasteiger partial charge in [0, 0.05) is 34.1 Å². The first kappa shape index (κ1) is 24.2. The van der Waals surface area contributed by atoms with Crippen molar-refractivity contribution in [2.24, 2.45) is 0 Å². The Kier molecular flexibility index (Phi) is 6.37. The van der Waals surface area contributed by atoms with Crippen molar-refractivity contribution in [1.29, 1.82) is 0 Å². The minimum Gasteiger partial charge on any atom is -0.442 e. The highest BCUT2D eigenvalue weighted by Gasteiger charge is 2.41. The quantitative estimate of drug-likeness (QED) is 0.324. The van der Waals surface area contributed by atoms with Crippen LogP contribution in [0, 0.1) is 5.82 Å². The number of hydrogen-bond acceptors (Lipinski definition) is 5. The molecular weight excluding hydrogens is 527 g/mol. The highest BCUT2D eigenvalue weighted by atomic mass is 19.4. The fourth-order valence-corrected chi connectivity index (χ4v) is 3.03. The summed E-state index contributed by atoms with van der Waals surface area (Å²) < 4.78 is 130. The van der Waals surface area contributed by atoms with Crippen LogP contribution in [0.25, 0.3) is 11.1 Å². The number of alkyl halides is 6. The fourth-order valence-electron chi connectivity index (χ4n) is 3.03. The molecular formula is C24H20F7N3O4. The van der Waals surface area contributed by atoms with Crippen molar-refractivity contribution in [3.63, 3.8) is 0 Å². The molecule has 38 heavy (non-hydrogen) atoms. The zero-order chi connectivity index (χ0) is 31.1. The molecule has 2 aromatic carbocycles. The molecule has 1 heterocycles. The summed E-state index contributed by atoms with van der Waals surface area (Å²) >= 11 is 0. The maximum Gasteiger partial charge on any atom is 0.435 e. The van der Waals surface area contributed by atoms with Crippen molar-refractivity contribution in [1.82, 2.24) is 9.78 Å². The Labute approximate surface area is 215 Å². The van der Waals surface area contributed by atoms with Crippen molar-refractivity contribution in [3.8, 4) is 16.9 Å². The van der Waals surface area contributed by atoms with Gasteiger partial charge in [0.25, 0.3) is 0 Å². The third kappa shape index (κ3) is 6.61. The van der Waals surface area contributed by atoms with E-state index in [2.05, 4.69) is 5.10 Å². The predicted octanol–water partition coefficient (Wildman–Crippen LogP) is 7.15. The van der Waals surface area contributed by atoms with Crippen LogP contribution in [0.3, 0.4) is 0 Å². The van der Waals surface area contributed by atoms with E-state index in [4.69, 9.17) is 13.6 Å². The van der Waals surface area contributed by atoms with Gasteiger partial charge in [-0.2, -0.15) is 36.1 Å². The zero-order valence-electron chi connectivity index (χ0n) is 22.7. The molecule has 0 saturated carbocycles. The first-order chi connectivity index (χ1) is 18.6. The second-order valence-corrected chi connectivity index (χ2v) is 8.73. The number of amides is 1. The Morgan fingerprint density at radius 3 is 2.16 bits per heavy atom. The van der Waals surface area contributed by atoms with Crippen LogP contribution in [-0.4, -0.2) is 34.5 Å². The highest BCUT2D eigenvalue weighted by Crippen LogP contribution is 2.46. The second-order valence-electron chi connectivity index (χ2n) is 8.73. The number of nitrogens with zero attached hydrogens (tertiary/aromatic N) is 3. The van der Waals surface area contributed by atoms with E-state index in [0.717, 1.165) is 36.7 Å². The summed E-state index contributed by atoms with van der Waals surface area (Å²) in [4.78, 5) is 25.3. The van der Waals surface area contributed by atoms with E-state index in [0.29, 0.717) is 4.68 Å². The van der Waals surface area contributed by atoms with E-state index < -0.39 is 76.6 Å². The third-order valence-corrected chi connectivity index (χ3v) is 4.65. The SMILES string of the molecule is [2H]C([2H])([2H])N(C(=O)Oc1c(-c2cnn(C(=O)OC(C)(C)C)c2)cc(C(F)(F)F)cc1C(F)(F)F)c1ccc(F)cc1. The number of rotatable bonds is 3. The van der Waals surface area contributed by atoms with Crippen molar-refractivity contribution in [2.45, 2.75) is 38.7 Å². The number of aromatic nitrogens is 2. The number of hydrogen-bond donors (Lipinski definition) is 0. The number of anilines is 1. The van der Waals surface area contributed by atoms with Gasteiger partial charge in [0.1, 0.15) is 11.4 Å². The summed E-state index contributed by atoms with van der Waals surface area (Å²) in [5, 5.41) is 3.61. The van der Waals surface area contributed by atoms with Crippen LogP contribution in [-0.2, 0) is 17.1 Å². The summed E-state index contributed by atoms with van der Waals surface area (Å²) in [7, 11) is 0. The molecule has 0 aliphatic heterocycles. The smallest absolute Gasteiger partial charge is 0.435 e. The molecule has 1 aromatic heterocycles. The zero-order valence-corrected chi connectivity index (χ0v) is 19.7. The summed E-state index contributed by atoms with van der Waals surface area (Å²) in [6.45, 7) is 1.09. The molecule has 0 bridgehead atoms. The van der Waals surface area contributed by atoms with E-state index in [1.807, 2.05) is 0 Å². The Bertz CT molecular complexity index is 1450. The van der Waals surface area contributed by atoms with Gasteiger partial charge in [-0.25, -0.2) is 14.0 Å². The van der Waals surface area contributed by atoms with Gasteiger partial charge in [-0.1, -0.05) is 0 Å². The molecule has 1 amide bonds. The number of carbonyl (C=O) groups is 2. The van der Waals surface area contributed by atoms with Gasteiger partial charge in [-0.3, -0.25) is 4.90 Å². The predicted molar refractivity (Wildman–Crippen MR) is 120 cm³/mol. The lowest BCUT2D eigenvalue weighted by Gasteiger charge is -2.22. The summed E-state index contributed by atoms with van der Waals surface area (Å²) in [6.07, 6.45) is -12.5. The standard InChI is InChI=1S/C24H20F7N3O4/c1-22(2,3)38-21(36)34-12-13(11-32-34)17-9-14(23(26,27)28)10-18(24(29,30)31)19(17)37-20(35)33(4)16-7-5-15(25)6-8-16/h5-12H,1-4H3/i4D3. The molecule has 0 fully saturated rings. The molecule has 0 aliphatic rings. The number of carbonyl (C=O) groups excluding carboxylic acids is 2. The fraction of sp³-hybridized carbons (Fsp3) is 0.292. The average Bonchev–Trinajstić information content (AvgIpc) is 3.27. The highest BCUT2D eigenvalue weighted by molar-refractivity contribution is 5.90. The monoisotopic (exact) mass is 550 g/mol. The molecule has 7 nitrogen and oxygen atoms in total. The van der Waals surface area contributed by atoms with Crippen LogP contribution in [0.2, 0.25) is 0 Å². The minimum atomic E-state index is -5.55. The van der Waals surface area contributed by atoms with Crippen LogP contribution in [0.1, 0.15) is 36.0 Å². The molecule has 0 N–H and O–H groups in total. The molecule has 0 radical (unpaired) electrons. The van der Waals surface area contributed by atoms with Crippen molar-refractivity contribution in [3.05, 3.63) is 65.7 Å². The average molecular weight is 550 g/mol. The molecule has 0 aliphatic carbocycles. The van der Waals surface area contributed by atoms with Gasteiger partial charge in [0.2, 0.25) is 0 Å². The molecule has 3 rings (SSSR count). The molecule has 204 valence electrons. The lowest BCUT2D eigenvalue weighted by Crippen LogP contribution is -2.30. The van der Waals surface area contributed by atoms with E-state index in [1.54, 1.807) is 0 Å². The lowest BCUT2D eigenvalue weighted by molar-refractivity contribution is -0.143. The number of benzene rings is 2. The van der Waals surface area contributed by atoms with Gasteiger partial charge in [0.05, 0.1) is 17.3 Å². The van der Waals surface area contributed by atoms with Crippen LogP contribution in [0.15, 0.2) is 48.8 Å². The number of ether oxygens (including phenoxy) is 2. The van der Waals surface area contributed by atoms with E-state index in [9.17, 15) is 40.3 Å². The molecule has 0 unspecified atom stereocenters. The van der Waals surface area contributed by atoms with E-state index in [1.165, 1.54) is 20.8 Å². The molecule has 14 heteroatoms. The van der Waals surface area contributed by atoms with Crippen LogP contribution >= 0.6 is 0 Å². The van der Waals surface area contributed by atoms with Crippen LogP contribution < -0.4 is 9.64 Å². The third-order valence-electron chi connectivity index (χ3n) is 4.65. The maximum absolute atomic E-state index is 14.1. The van der Waals surface area contributed by atoms with Gasteiger partial charge >= 0.3 is 24.5 Å². The van der Waals surface area contributed by atoms with Crippen molar-refractivity contribution >= 4 is 17.9 Å². The largest absolute Gasteiger partial charge is 0.442 e. The van der Waals surface area contributed by atoms with Gasteiger partial charge in [-0.15, -0.1) is 0 Å². The van der Waals surface area contributed by atoms with Crippen molar-refractivity contribution < 1.29 is 53.9 Å². The van der Waals surface area contributed by atoms with Gasteiger partial charge in [0.15, 0.2) is 5.75 Å². The summed E-state index contributed by atoms with van der Waals surface area (Å²) in [5.74, 6) is -2.34.